The van der Waals surface area contributed by atoms with Crippen LogP contribution in [-0.4, -0.2) is 46.2 Å². The summed E-state index contributed by atoms with van der Waals surface area (Å²) in [5.41, 5.74) is -0.924. The lowest BCUT2D eigenvalue weighted by molar-refractivity contribution is -0.135. The van der Waals surface area contributed by atoms with Gasteiger partial charge >= 0.3 is 6.03 Å². The van der Waals surface area contributed by atoms with E-state index in [2.05, 4.69) is 26.6 Å². The van der Waals surface area contributed by atoms with Crippen molar-refractivity contribution in [2.24, 2.45) is 0 Å². The normalized spacial score (nSPS) is 30.1. The largest absolute Gasteiger partial charge is 0.339 e. The Hall–Kier alpha value is -1.11. The van der Waals surface area contributed by atoms with E-state index in [0.717, 1.165) is 0 Å². The lowest BCUT2D eigenvalue weighted by Crippen LogP contribution is -2.60. The number of hydrogen-bond donors (Lipinski definition) is 2. The van der Waals surface area contributed by atoms with Gasteiger partial charge in [0.15, 0.2) is 0 Å². The highest BCUT2D eigenvalue weighted by atomic mass is 79.9. The van der Waals surface area contributed by atoms with Crippen LogP contribution in [0.5, 0.6) is 0 Å². The number of hydrogen-bond acceptors (Lipinski definition) is 3. The van der Waals surface area contributed by atoms with Crippen molar-refractivity contribution in [1.29, 1.82) is 0 Å². The first-order valence-corrected chi connectivity index (χ1v) is 6.43. The average molecular weight is 304 g/mol. The summed E-state index contributed by atoms with van der Waals surface area (Å²) in [5, 5.41) is 4.86. The molecule has 2 aliphatic rings. The summed E-state index contributed by atoms with van der Waals surface area (Å²) < 4.78 is 0. The second-order valence-electron chi connectivity index (χ2n) is 4.47. The molecule has 2 aliphatic heterocycles. The van der Waals surface area contributed by atoms with Gasteiger partial charge < -0.3 is 10.2 Å². The van der Waals surface area contributed by atoms with Gasteiger partial charge in [-0.05, 0) is 19.8 Å². The van der Waals surface area contributed by atoms with E-state index in [1.807, 2.05) is 0 Å². The number of piperidine rings is 1. The van der Waals surface area contributed by atoms with Gasteiger partial charge in [0.05, 0.1) is 11.4 Å². The number of amides is 4. The van der Waals surface area contributed by atoms with Crippen molar-refractivity contribution in [3.63, 3.8) is 0 Å². The fraction of sp³-hybridized carbons (Fsp3) is 0.700. The van der Waals surface area contributed by atoms with Gasteiger partial charge in [-0.3, -0.25) is 14.9 Å². The van der Waals surface area contributed by atoms with Crippen LogP contribution in [-0.2, 0) is 9.59 Å². The van der Waals surface area contributed by atoms with Crippen LogP contribution >= 0.6 is 15.9 Å². The lowest BCUT2D eigenvalue weighted by Gasteiger charge is -2.38. The highest BCUT2D eigenvalue weighted by Gasteiger charge is 2.49. The fourth-order valence-corrected chi connectivity index (χ4v) is 2.60. The van der Waals surface area contributed by atoms with E-state index in [1.54, 1.807) is 11.8 Å². The molecule has 1 spiro atoms. The van der Waals surface area contributed by atoms with Crippen molar-refractivity contribution >= 4 is 33.8 Å². The van der Waals surface area contributed by atoms with Crippen LogP contribution in [0.1, 0.15) is 19.8 Å². The fourth-order valence-electron chi connectivity index (χ4n) is 2.31. The molecule has 2 heterocycles. The van der Waals surface area contributed by atoms with E-state index >= 15 is 0 Å². The number of imide groups is 1. The molecule has 0 aromatic rings. The first-order chi connectivity index (χ1) is 7.94. The number of alkyl halides is 1. The summed E-state index contributed by atoms with van der Waals surface area (Å²) in [6, 6.07) is -0.476. The van der Waals surface area contributed by atoms with Gasteiger partial charge in [-0.25, -0.2) is 4.79 Å². The molecule has 2 rings (SSSR count). The first-order valence-electron chi connectivity index (χ1n) is 5.51. The lowest BCUT2D eigenvalue weighted by atomic mass is 9.89. The molecule has 2 unspecified atom stereocenters. The van der Waals surface area contributed by atoms with Crippen LogP contribution in [0.4, 0.5) is 4.79 Å². The third kappa shape index (κ3) is 2.15. The van der Waals surface area contributed by atoms with Gasteiger partial charge in [0.2, 0.25) is 5.91 Å². The smallest absolute Gasteiger partial charge is 0.322 e. The van der Waals surface area contributed by atoms with E-state index in [1.165, 1.54) is 0 Å². The summed E-state index contributed by atoms with van der Waals surface area (Å²) in [6.45, 7) is 2.62. The van der Waals surface area contributed by atoms with Crippen LogP contribution in [0, 0.1) is 0 Å². The minimum absolute atomic E-state index is 0.0574. The van der Waals surface area contributed by atoms with E-state index in [-0.39, 0.29) is 23.2 Å². The number of nitrogens with one attached hydrogen (secondary N) is 2. The molecule has 2 fully saturated rings. The monoisotopic (exact) mass is 303 g/mol. The Morgan fingerprint density at radius 3 is 2.76 bits per heavy atom. The molecule has 0 aromatic carbocycles. The van der Waals surface area contributed by atoms with Crippen molar-refractivity contribution in [3.8, 4) is 0 Å². The molecule has 0 aliphatic carbocycles. The number of likely N-dealkylation sites (tertiary alicyclic amines) is 1. The van der Waals surface area contributed by atoms with Crippen LogP contribution < -0.4 is 10.6 Å². The van der Waals surface area contributed by atoms with E-state index in [9.17, 15) is 14.4 Å². The van der Waals surface area contributed by atoms with Crippen molar-refractivity contribution in [3.05, 3.63) is 0 Å². The third-order valence-corrected chi connectivity index (χ3v) is 3.55. The number of halogens is 1. The molecule has 17 heavy (non-hydrogen) atoms. The molecular formula is C10H14BrN3O3. The van der Waals surface area contributed by atoms with Gasteiger partial charge in [-0.1, -0.05) is 15.9 Å². The quantitative estimate of drug-likeness (QED) is 0.527. The minimum atomic E-state index is -0.924. The summed E-state index contributed by atoms with van der Waals surface area (Å²) in [4.78, 5) is 36.1. The molecule has 6 nitrogen and oxygen atoms in total. The van der Waals surface area contributed by atoms with Crippen molar-refractivity contribution in [2.75, 3.05) is 13.1 Å². The SMILES string of the molecule is CC(Br)C(=O)N1CCCC2(C1)NC(=O)NC2=O. The third-order valence-electron chi connectivity index (χ3n) is 3.16. The highest BCUT2D eigenvalue weighted by Crippen LogP contribution is 2.25. The van der Waals surface area contributed by atoms with Crippen molar-refractivity contribution < 1.29 is 14.4 Å². The van der Waals surface area contributed by atoms with E-state index in [4.69, 9.17) is 0 Å². The molecule has 0 aromatic heterocycles. The number of urea groups is 1. The molecule has 94 valence electrons. The maximum Gasteiger partial charge on any atom is 0.322 e. The Balaban J connectivity index is 2.14. The minimum Gasteiger partial charge on any atom is -0.339 e. The van der Waals surface area contributed by atoms with Gasteiger partial charge in [0, 0.05) is 6.54 Å². The zero-order valence-corrected chi connectivity index (χ0v) is 11.0. The molecule has 0 saturated carbocycles. The van der Waals surface area contributed by atoms with Crippen LogP contribution in [0.2, 0.25) is 0 Å². The topological polar surface area (TPSA) is 78.5 Å². The average Bonchev–Trinajstić information content (AvgIpc) is 2.52. The standard InChI is InChI=1S/C10H14BrN3O3/c1-6(11)7(15)14-4-2-3-10(5-14)8(16)12-9(17)13-10/h6H,2-5H2,1H3,(H2,12,13,16,17). The maximum atomic E-state index is 11.9. The van der Waals surface area contributed by atoms with E-state index < -0.39 is 11.6 Å². The van der Waals surface area contributed by atoms with Gasteiger partial charge in [0.1, 0.15) is 5.54 Å². The summed E-state index contributed by atoms with van der Waals surface area (Å²) in [5.74, 6) is -0.389. The second-order valence-corrected chi connectivity index (χ2v) is 5.84. The molecule has 0 bridgehead atoms. The van der Waals surface area contributed by atoms with Gasteiger partial charge in [0.25, 0.3) is 5.91 Å². The molecule has 2 N–H and O–H groups in total. The van der Waals surface area contributed by atoms with Crippen molar-refractivity contribution in [1.82, 2.24) is 15.5 Å². The van der Waals surface area contributed by atoms with Crippen LogP contribution in [0.25, 0.3) is 0 Å². The Kier molecular flexibility index (Phi) is 3.11. The molecule has 7 heteroatoms. The number of rotatable bonds is 1. The Morgan fingerprint density at radius 2 is 2.24 bits per heavy atom. The predicted octanol–water partition coefficient (Wildman–Crippen LogP) is -0.0296. The zero-order valence-electron chi connectivity index (χ0n) is 9.46. The summed E-state index contributed by atoms with van der Waals surface area (Å²) in [7, 11) is 0. The highest BCUT2D eigenvalue weighted by molar-refractivity contribution is 9.10. The summed E-state index contributed by atoms with van der Waals surface area (Å²) in [6.07, 6.45) is 1.28. The molecular weight excluding hydrogens is 290 g/mol. The first kappa shape index (κ1) is 12.3. The van der Waals surface area contributed by atoms with E-state index in [0.29, 0.717) is 19.4 Å². The van der Waals surface area contributed by atoms with Crippen molar-refractivity contribution in [2.45, 2.75) is 30.1 Å². The Bertz CT molecular complexity index is 385. The molecule has 0 radical (unpaired) electrons. The van der Waals surface area contributed by atoms with Crippen LogP contribution in [0.3, 0.4) is 0 Å². The predicted molar refractivity (Wildman–Crippen MR) is 63.6 cm³/mol. The Labute approximate surface area is 107 Å². The zero-order chi connectivity index (χ0) is 12.6. The maximum absolute atomic E-state index is 11.9. The van der Waals surface area contributed by atoms with Gasteiger partial charge in [-0.2, -0.15) is 0 Å². The molecule has 4 amide bonds. The number of nitrogens with zero attached hydrogens (tertiary/aromatic N) is 1. The Morgan fingerprint density at radius 1 is 1.53 bits per heavy atom. The second kappa shape index (κ2) is 4.29. The van der Waals surface area contributed by atoms with Crippen LogP contribution in [0.15, 0.2) is 0 Å². The molecule has 2 saturated heterocycles. The van der Waals surface area contributed by atoms with Gasteiger partial charge in [-0.15, -0.1) is 0 Å². The molecule has 2 atom stereocenters. The summed E-state index contributed by atoms with van der Waals surface area (Å²) >= 11 is 3.22. The number of carbonyl (C=O) groups excluding carboxylic acids is 3. The number of carbonyl (C=O) groups is 3.